The maximum absolute atomic E-state index is 12.2. The van der Waals surface area contributed by atoms with Crippen LogP contribution in [0.1, 0.15) is 27.6 Å². The van der Waals surface area contributed by atoms with Crippen molar-refractivity contribution in [3.05, 3.63) is 66.8 Å². The van der Waals surface area contributed by atoms with Gasteiger partial charge in [-0.25, -0.2) is 9.59 Å². The number of benzene rings is 2. The summed E-state index contributed by atoms with van der Waals surface area (Å²) in [6.07, 6.45) is -0.796. The third-order valence-electron chi connectivity index (χ3n) is 3.53. The minimum atomic E-state index is -0.796. The van der Waals surface area contributed by atoms with E-state index in [1.807, 2.05) is 0 Å². The average molecular weight is 624 g/mol. The van der Waals surface area contributed by atoms with Gasteiger partial charge in [0.15, 0.2) is 6.79 Å². The molecule has 7 nitrogen and oxygen atoms in total. The Morgan fingerprint density at radius 3 is 1.55 bits per heavy atom. The summed E-state index contributed by atoms with van der Waals surface area (Å²) in [4.78, 5) is 35.2. The fourth-order valence-corrected chi connectivity index (χ4v) is 2.75. The molecular formula is C20H18I2O7. The largest absolute Gasteiger partial charge is 0.459 e. The van der Waals surface area contributed by atoms with E-state index in [2.05, 4.69) is 45.2 Å². The molecule has 0 aliphatic rings. The number of carbonyl (C=O) groups excluding carboxylic acids is 3. The Balaban J connectivity index is 1.91. The molecule has 0 N–H and O–H groups in total. The van der Waals surface area contributed by atoms with Gasteiger partial charge in [0.2, 0.25) is 0 Å². The van der Waals surface area contributed by atoms with Crippen LogP contribution in [0.3, 0.4) is 0 Å². The lowest BCUT2D eigenvalue weighted by atomic mass is 10.2. The lowest BCUT2D eigenvalue weighted by Gasteiger charge is -2.18. The van der Waals surface area contributed by atoms with Crippen molar-refractivity contribution >= 4 is 63.1 Å². The fourth-order valence-electron chi connectivity index (χ4n) is 2.03. The first-order valence-corrected chi connectivity index (χ1v) is 10.6. The standard InChI is InChI=1S/C20H18I2O7/c1-13(23)28-12-29-18(10-26-19(24)14-2-6-16(21)7-3-14)11-27-20(25)15-4-8-17(22)9-5-15/h2-9,18H,10-12H2,1H3. The van der Waals surface area contributed by atoms with Crippen LogP contribution in [-0.2, 0) is 23.7 Å². The molecule has 9 heteroatoms. The minimum Gasteiger partial charge on any atom is -0.459 e. The van der Waals surface area contributed by atoms with Crippen LogP contribution in [0.5, 0.6) is 0 Å². The first kappa shape index (κ1) is 23.5. The van der Waals surface area contributed by atoms with E-state index in [1.165, 1.54) is 6.92 Å². The molecule has 0 spiro atoms. The highest BCUT2D eigenvalue weighted by molar-refractivity contribution is 14.1. The van der Waals surface area contributed by atoms with Gasteiger partial charge in [-0.05, 0) is 93.7 Å². The molecule has 2 aromatic carbocycles. The second-order valence-corrected chi connectivity index (χ2v) is 8.24. The predicted octanol–water partition coefficient (Wildman–Crippen LogP) is 3.82. The van der Waals surface area contributed by atoms with Crippen molar-refractivity contribution in [2.75, 3.05) is 20.0 Å². The molecule has 0 heterocycles. The quantitative estimate of drug-likeness (QED) is 0.182. The van der Waals surface area contributed by atoms with Gasteiger partial charge in [0, 0.05) is 14.1 Å². The Labute approximate surface area is 195 Å². The molecule has 2 aromatic rings. The van der Waals surface area contributed by atoms with Crippen molar-refractivity contribution in [3.63, 3.8) is 0 Å². The Morgan fingerprint density at radius 2 is 1.17 bits per heavy atom. The molecular weight excluding hydrogens is 606 g/mol. The van der Waals surface area contributed by atoms with E-state index in [9.17, 15) is 14.4 Å². The summed E-state index contributed by atoms with van der Waals surface area (Å²) in [5, 5.41) is 0. The van der Waals surface area contributed by atoms with Gasteiger partial charge in [-0.1, -0.05) is 0 Å². The van der Waals surface area contributed by atoms with Crippen LogP contribution in [0.4, 0.5) is 0 Å². The second kappa shape index (κ2) is 12.1. The molecule has 0 saturated heterocycles. The molecule has 0 fully saturated rings. The zero-order valence-electron chi connectivity index (χ0n) is 15.4. The van der Waals surface area contributed by atoms with E-state index in [0.29, 0.717) is 11.1 Å². The normalized spacial score (nSPS) is 10.5. The fraction of sp³-hybridized carbons (Fsp3) is 0.250. The summed E-state index contributed by atoms with van der Waals surface area (Å²) in [5.74, 6) is -1.59. The summed E-state index contributed by atoms with van der Waals surface area (Å²) in [7, 11) is 0. The van der Waals surface area contributed by atoms with Gasteiger partial charge in [-0.15, -0.1) is 0 Å². The van der Waals surface area contributed by atoms with Crippen LogP contribution >= 0.6 is 45.2 Å². The molecule has 0 aromatic heterocycles. The van der Waals surface area contributed by atoms with Crippen LogP contribution in [0.2, 0.25) is 0 Å². The van der Waals surface area contributed by atoms with Crippen molar-refractivity contribution in [2.24, 2.45) is 0 Å². The van der Waals surface area contributed by atoms with Crippen LogP contribution in [-0.4, -0.2) is 44.0 Å². The first-order valence-electron chi connectivity index (χ1n) is 8.45. The highest BCUT2D eigenvalue weighted by Gasteiger charge is 2.18. The van der Waals surface area contributed by atoms with Crippen LogP contribution in [0.15, 0.2) is 48.5 Å². The van der Waals surface area contributed by atoms with Gasteiger partial charge < -0.3 is 18.9 Å². The molecule has 29 heavy (non-hydrogen) atoms. The Morgan fingerprint density at radius 1 is 0.759 bits per heavy atom. The van der Waals surface area contributed by atoms with Crippen LogP contribution in [0.25, 0.3) is 0 Å². The third kappa shape index (κ3) is 8.66. The second-order valence-electron chi connectivity index (χ2n) is 5.75. The summed E-state index contributed by atoms with van der Waals surface area (Å²) in [6, 6.07) is 13.7. The number of ether oxygens (including phenoxy) is 4. The maximum Gasteiger partial charge on any atom is 0.338 e. The molecule has 0 amide bonds. The average Bonchev–Trinajstić information content (AvgIpc) is 2.70. The topological polar surface area (TPSA) is 88.1 Å². The van der Waals surface area contributed by atoms with Crippen molar-refractivity contribution in [2.45, 2.75) is 13.0 Å². The lowest BCUT2D eigenvalue weighted by molar-refractivity contribution is -0.162. The molecule has 0 radical (unpaired) electrons. The molecule has 154 valence electrons. The van der Waals surface area contributed by atoms with E-state index in [4.69, 9.17) is 18.9 Å². The molecule has 0 unspecified atom stereocenters. The van der Waals surface area contributed by atoms with E-state index < -0.39 is 24.0 Å². The molecule has 0 atom stereocenters. The number of halogens is 2. The summed E-state index contributed by atoms with van der Waals surface area (Å²) >= 11 is 4.27. The van der Waals surface area contributed by atoms with Gasteiger partial charge in [-0.2, -0.15) is 0 Å². The number of hydrogen-bond acceptors (Lipinski definition) is 7. The number of hydrogen-bond donors (Lipinski definition) is 0. The van der Waals surface area contributed by atoms with E-state index in [0.717, 1.165) is 7.14 Å². The monoisotopic (exact) mass is 624 g/mol. The predicted molar refractivity (Wildman–Crippen MR) is 120 cm³/mol. The third-order valence-corrected chi connectivity index (χ3v) is 4.96. The highest BCUT2D eigenvalue weighted by atomic mass is 127. The minimum absolute atomic E-state index is 0.175. The van der Waals surface area contributed by atoms with Gasteiger partial charge in [0.1, 0.15) is 19.3 Å². The maximum atomic E-state index is 12.2. The number of rotatable bonds is 9. The van der Waals surface area contributed by atoms with Crippen LogP contribution < -0.4 is 0 Å². The molecule has 0 aliphatic carbocycles. The van der Waals surface area contributed by atoms with Gasteiger partial charge in [-0.3, -0.25) is 4.79 Å². The Hall–Kier alpha value is -1.73. The number of carbonyl (C=O) groups is 3. The Bertz CT molecular complexity index is 773. The Kier molecular flexibility index (Phi) is 9.81. The summed E-state index contributed by atoms with van der Waals surface area (Å²) in [6.45, 7) is 0.548. The van der Waals surface area contributed by atoms with Crippen molar-refractivity contribution in [1.82, 2.24) is 0 Å². The lowest BCUT2D eigenvalue weighted by Crippen LogP contribution is -2.29. The summed E-state index contributed by atoms with van der Waals surface area (Å²) in [5.41, 5.74) is 0.778. The first-order chi connectivity index (χ1) is 13.8. The van der Waals surface area contributed by atoms with Gasteiger partial charge in [0.25, 0.3) is 0 Å². The SMILES string of the molecule is CC(=O)OCOC(COC(=O)c1ccc(I)cc1)COC(=O)c1ccc(I)cc1. The van der Waals surface area contributed by atoms with Crippen molar-refractivity contribution < 1.29 is 33.3 Å². The van der Waals surface area contributed by atoms with E-state index in [-0.39, 0.29) is 20.0 Å². The molecule has 0 bridgehead atoms. The number of esters is 3. The van der Waals surface area contributed by atoms with E-state index in [1.54, 1.807) is 48.5 Å². The summed E-state index contributed by atoms with van der Waals surface area (Å²) < 4.78 is 22.6. The van der Waals surface area contributed by atoms with Gasteiger partial charge >= 0.3 is 17.9 Å². The smallest absolute Gasteiger partial charge is 0.338 e. The van der Waals surface area contributed by atoms with Crippen molar-refractivity contribution in [3.8, 4) is 0 Å². The van der Waals surface area contributed by atoms with Crippen molar-refractivity contribution in [1.29, 1.82) is 0 Å². The van der Waals surface area contributed by atoms with E-state index >= 15 is 0 Å². The van der Waals surface area contributed by atoms with Gasteiger partial charge in [0.05, 0.1) is 11.1 Å². The highest BCUT2D eigenvalue weighted by Crippen LogP contribution is 2.10. The zero-order chi connectivity index (χ0) is 21.2. The molecule has 0 aliphatic heterocycles. The molecule has 2 rings (SSSR count). The zero-order valence-corrected chi connectivity index (χ0v) is 19.7. The van der Waals surface area contributed by atoms with Crippen LogP contribution in [0, 0.1) is 7.14 Å². The molecule has 0 saturated carbocycles.